The van der Waals surface area contributed by atoms with Crippen LogP contribution in [0.1, 0.15) is 31.2 Å². The molecule has 0 unspecified atom stereocenters. The van der Waals surface area contributed by atoms with E-state index in [0.717, 1.165) is 31.0 Å². The van der Waals surface area contributed by atoms with E-state index in [-0.39, 0.29) is 17.9 Å². The molecule has 1 saturated heterocycles. The van der Waals surface area contributed by atoms with Gasteiger partial charge in [-0.25, -0.2) is 0 Å². The zero-order valence-electron chi connectivity index (χ0n) is 10.3. The summed E-state index contributed by atoms with van der Waals surface area (Å²) in [7, 11) is 0. The average molecular weight is 288 g/mol. The highest BCUT2D eigenvalue weighted by atomic mass is 35.5. The fraction of sp³-hybridized carbons (Fsp3) is 0.571. The van der Waals surface area contributed by atoms with Crippen molar-refractivity contribution in [3.8, 4) is 0 Å². The number of rotatable bonds is 1. The number of benzene rings is 1. The molecule has 1 N–H and O–H groups in total. The van der Waals surface area contributed by atoms with Crippen LogP contribution < -0.4 is 5.32 Å². The van der Waals surface area contributed by atoms with Gasteiger partial charge in [-0.2, -0.15) is 0 Å². The SMILES string of the molecule is Cl.Clc1cccc([C@@]23CCCC[C@@H]2OCCN3)c1. The first kappa shape index (κ1) is 14.1. The van der Waals surface area contributed by atoms with Crippen molar-refractivity contribution in [2.24, 2.45) is 0 Å². The Morgan fingerprint density at radius 2 is 2.22 bits per heavy atom. The molecule has 1 aliphatic heterocycles. The molecule has 0 radical (unpaired) electrons. The van der Waals surface area contributed by atoms with Crippen LogP contribution in [0, 0.1) is 0 Å². The maximum atomic E-state index is 6.12. The lowest BCUT2D eigenvalue weighted by molar-refractivity contribution is -0.0756. The van der Waals surface area contributed by atoms with Gasteiger partial charge in [-0.1, -0.05) is 36.6 Å². The van der Waals surface area contributed by atoms with E-state index in [1.807, 2.05) is 12.1 Å². The maximum Gasteiger partial charge on any atom is 0.0799 e. The monoisotopic (exact) mass is 287 g/mol. The van der Waals surface area contributed by atoms with Crippen LogP contribution in [0.3, 0.4) is 0 Å². The summed E-state index contributed by atoms with van der Waals surface area (Å²) in [6.07, 6.45) is 5.15. The Kier molecular flexibility index (Phi) is 4.54. The summed E-state index contributed by atoms with van der Waals surface area (Å²) < 4.78 is 5.97. The van der Waals surface area contributed by atoms with Gasteiger partial charge in [0, 0.05) is 11.6 Å². The van der Waals surface area contributed by atoms with Crippen LogP contribution >= 0.6 is 24.0 Å². The molecule has 1 aromatic rings. The number of fused-ring (bicyclic) bond motifs is 1. The molecular weight excluding hydrogens is 269 g/mol. The topological polar surface area (TPSA) is 21.3 Å². The van der Waals surface area contributed by atoms with Gasteiger partial charge in [0.2, 0.25) is 0 Å². The Balaban J connectivity index is 0.00000120. The summed E-state index contributed by atoms with van der Waals surface area (Å²) in [4.78, 5) is 0. The predicted molar refractivity (Wildman–Crippen MR) is 76.6 cm³/mol. The predicted octanol–water partition coefficient (Wildman–Crippen LogP) is 3.52. The van der Waals surface area contributed by atoms with E-state index in [9.17, 15) is 0 Å². The first-order chi connectivity index (χ1) is 8.31. The van der Waals surface area contributed by atoms with Crippen LogP contribution in [0.2, 0.25) is 5.02 Å². The lowest BCUT2D eigenvalue weighted by Crippen LogP contribution is -2.59. The first-order valence-corrected chi connectivity index (χ1v) is 6.82. The second kappa shape index (κ2) is 5.79. The number of hydrogen-bond donors (Lipinski definition) is 1. The van der Waals surface area contributed by atoms with Crippen LogP contribution in [0.25, 0.3) is 0 Å². The zero-order valence-corrected chi connectivity index (χ0v) is 11.9. The standard InChI is InChI=1S/C14H18ClNO.ClH/c15-12-5-3-4-11(10-12)14-7-2-1-6-13(14)17-9-8-16-14;/h3-5,10,13,16H,1-2,6-9H2;1H/t13-,14-;/m0./s1. The Bertz CT molecular complexity index is 399. The van der Waals surface area contributed by atoms with Crippen molar-refractivity contribution < 1.29 is 4.74 Å². The molecule has 0 amide bonds. The third-order valence-electron chi connectivity index (χ3n) is 4.04. The molecule has 1 saturated carbocycles. The summed E-state index contributed by atoms with van der Waals surface area (Å²) >= 11 is 6.12. The van der Waals surface area contributed by atoms with Gasteiger partial charge in [-0.3, -0.25) is 0 Å². The lowest BCUT2D eigenvalue weighted by atomic mass is 9.73. The fourth-order valence-corrected chi connectivity index (χ4v) is 3.43. The van der Waals surface area contributed by atoms with Crippen molar-refractivity contribution in [3.63, 3.8) is 0 Å². The van der Waals surface area contributed by atoms with E-state index >= 15 is 0 Å². The zero-order chi connectivity index (χ0) is 11.7. The quantitative estimate of drug-likeness (QED) is 0.853. The molecule has 18 heavy (non-hydrogen) atoms. The fourth-order valence-electron chi connectivity index (χ4n) is 3.24. The molecule has 1 aliphatic carbocycles. The molecule has 0 bridgehead atoms. The molecular formula is C14H19Cl2NO. The van der Waals surface area contributed by atoms with Gasteiger partial charge in [-0.15, -0.1) is 12.4 Å². The molecule has 100 valence electrons. The highest BCUT2D eigenvalue weighted by Crippen LogP contribution is 2.41. The van der Waals surface area contributed by atoms with Crippen molar-refractivity contribution >= 4 is 24.0 Å². The number of ether oxygens (including phenoxy) is 1. The van der Waals surface area contributed by atoms with Gasteiger partial charge < -0.3 is 10.1 Å². The molecule has 2 aliphatic rings. The van der Waals surface area contributed by atoms with Crippen molar-refractivity contribution in [2.75, 3.05) is 13.2 Å². The molecule has 1 heterocycles. The van der Waals surface area contributed by atoms with E-state index in [4.69, 9.17) is 16.3 Å². The van der Waals surface area contributed by atoms with Crippen molar-refractivity contribution in [2.45, 2.75) is 37.3 Å². The first-order valence-electron chi connectivity index (χ1n) is 6.44. The summed E-state index contributed by atoms with van der Waals surface area (Å²) in [6, 6.07) is 8.23. The van der Waals surface area contributed by atoms with Crippen LogP contribution in [0.4, 0.5) is 0 Å². The second-order valence-electron chi connectivity index (χ2n) is 5.01. The largest absolute Gasteiger partial charge is 0.375 e. The van der Waals surface area contributed by atoms with E-state index in [0.29, 0.717) is 6.10 Å². The summed E-state index contributed by atoms with van der Waals surface area (Å²) in [5, 5.41) is 4.51. The number of morpholine rings is 1. The van der Waals surface area contributed by atoms with Crippen molar-refractivity contribution in [1.29, 1.82) is 0 Å². The van der Waals surface area contributed by atoms with Gasteiger partial charge in [0.15, 0.2) is 0 Å². The minimum Gasteiger partial charge on any atom is -0.375 e. The summed E-state index contributed by atoms with van der Waals surface area (Å²) in [5.74, 6) is 0. The summed E-state index contributed by atoms with van der Waals surface area (Å²) in [5.41, 5.74) is 1.29. The average Bonchev–Trinajstić information content (AvgIpc) is 2.39. The molecule has 3 rings (SSSR count). The molecule has 2 fully saturated rings. The highest BCUT2D eigenvalue weighted by Gasteiger charge is 2.44. The van der Waals surface area contributed by atoms with Gasteiger partial charge in [0.1, 0.15) is 0 Å². The normalized spacial score (nSPS) is 31.3. The molecule has 0 spiro atoms. The van der Waals surface area contributed by atoms with E-state index in [1.54, 1.807) is 0 Å². The van der Waals surface area contributed by atoms with Gasteiger partial charge in [0.25, 0.3) is 0 Å². The Morgan fingerprint density at radius 1 is 1.33 bits per heavy atom. The third kappa shape index (κ3) is 2.39. The van der Waals surface area contributed by atoms with Crippen LogP contribution in [-0.4, -0.2) is 19.3 Å². The minimum atomic E-state index is 0. The van der Waals surface area contributed by atoms with Gasteiger partial charge >= 0.3 is 0 Å². The highest BCUT2D eigenvalue weighted by molar-refractivity contribution is 6.30. The second-order valence-corrected chi connectivity index (χ2v) is 5.45. The van der Waals surface area contributed by atoms with Crippen LogP contribution in [0.5, 0.6) is 0 Å². The smallest absolute Gasteiger partial charge is 0.0799 e. The van der Waals surface area contributed by atoms with Gasteiger partial charge in [-0.05, 0) is 30.5 Å². The van der Waals surface area contributed by atoms with E-state index in [2.05, 4.69) is 17.4 Å². The van der Waals surface area contributed by atoms with Crippen molar-refractivity contribution in [3.05, 3.63) is 34.9 Å². The number of nitrogens with one attached hydrogen (secondary N) is 1. The van der Waals surface area contributed by atoms with E-state index in [1.165, 1.54) is 18.4 Å². The molecule has 1 aromatic carbocycles. The minimum absolute atomic E-state index is 0. The maximum absolute atomic E-state index is 6.12. The number of halogens is 2. The molecule has 4 heteroatoms. The molecule has 0 aromatic heterocycles. The Labute approximate surface area is 119 Å². The van der Waals surface area contributed by atoms with E-state index < -0.39 is 0 Å². The lowest BCUT2D eigenvalue weighted by Gasteiger charge is -2.48. The molecule has 2 nitrogen and oxygen atoms in total. The van der Waals surface area contributed by atoms with Crippen LogP contribution in [0.15, 0.2) is 24.3 Å². The molecule has 2 atom stereocenters. The number of hydrogen-bond acceptors (Lipinski definition) is 2. The van der Waals surface area contributed by atoms with Gasteiger partial charge in [0.05, 0.1) is 18.2 Å². The summed E-state index contributed by atoms with van der Waals surface area (Å²) in [6.45, 7) is 1.76. The van der Waals surface area contributed by atoms with Crippen molar-refractivity contribution in [1.82, 2.24) is 5.32 Å². The van der Waals surface area contributed by atoms with Crippen LogP contribution in [-0.2, 0) is 10.3 Å². The third-order valence-corrected chi connectivity index (χ3v) is 4.27. The Morgan fingerprint density at radius 3 is 3.06 bits per heavy atom. The Hall–Kier alpha value is -0.280.